The number of carboxylic acid groups (broad SMARTS) is 2. The number of hydrogen-bond acceptors (Lipinski definition) is 7. The number of pyridine rings is 1. The van der Waals surface area contributed by atoms with E-state index in [2.05, 4.69) is 16.0 Å². The topological polar surface area (TPSA) is 118 Å². The molecule has 0 unspecified atom stereocenters. The molecule has 2 aliphatic carbocycles. The molecular weight excluding hydrogens is 518 g/mol. The van der Waals surface area contributed by atoms with E-state index in [-0.39, 0.29) is 12.2 Å². The molecule has 0 aromatic carbocycles. The Morgan fingerprint density at radius 2 is 1.68 bits per heavy atom. The lowest BCUT2D eigenvalue weighted by Crippen LogP contribution is -2.51. The number of hydrogen-bond donors (Lipinski definition) is 2. The summed E-state index contributed by atoms with van der Waals surface area (Å²) in [5, 5.41) is 14.2. The van der Waals surface area contributed by atoms with E-state index in [1.165, 1.54) is 12.8 Å². The van der Waals surface area contributed by atoms with E-state index in [4.69, 9.17) is 34.0 Å². The Bertz CT molecular complexity index is 871. The molecule has 1 aromatic rings. The molecule has 1 aromatic heterocycles. The highest BCUT2D eigenvalue weighted by atomic mass is 19.4. The predicted molar refractivity (Wildman–Crippen MR) is 114 cm³/mol. The first kappa shape index (κ1) is 30.6. The fourth-order valence-corrected chi connectivity index (χ4v) is 3.86. The lowest BCUT2D eigenvalue weighted by Gasteiger charge is -2.39. The Morgan fingerprint density at radius 1 is 1.08 bits per heavy atom. The van der Waals surface area contributed by atoms with Crippen LogP contribution in [0.4, 0.5) is 26.3 Å². The van der Waals surface area contributed by atoms with Gasteiger partial charge in [0.1, 0.15) is 0 Å². The van der Waals surface area contributed by atoms with Crippen LogP contribution in [-0.4, -0.2) is 89.5 Å². The van der Waals surface area contributed by atoms with Gasteiger partial charge in [-0.15, -0.1) is 0 Å². The van der Waals surface area contributed by atoms with Crippen LogP contribution >= 0.6 is 0 Å². The summed E-state index contributed by atoms with van der Waals surface area (Å²) in [6, 6.07) is 4.54. The summed E-state index contributed by atoms with van der Waals surface area (Å²) >= 11 is 0. The number of fused-ring (bicyclic) bond motifs is 1. The smallest absolute Gasteiger partial charge is 0.481 e. The van der Waals surface area contributed by atoms with E-state index >= 15 is 0 Å². The zero-order chi connectivity index (χ0) is 27.8. The molecule has 9 nitrogen and oxygen atoms in total. The zero-order valence-corrected chi connectivity index (χ0v) is 19.8. The highest BCUT2D eigenvalue weighted by Gasteiger charge is 2.44. The van der Waals surface area contributed by atoms with Gasteiger partial charge < -0.3 is 24.4 Å². The number of carboxylic acids is 2. The number of carbonyl (C=O) groups is 2. The van der Waals surface area contributed by atoms with Crippen molar-refractivity contribution >= 4 is 11.9 Å². The average Bonchev–Trinajstić information content (AvgIpc) is 3.56. The Morgan fingerprint density at radius 3 is 2.19 bits per heavy atom. The zero-order valence-electron chi connectivity index (χ0n) is 19.8. The fraction of sp³-hybridized carbons (Fsp3) is 0.682. The van der Waals surface area contributed by atoms with Gasteiger partial charge in [-0.25, -0.2) is 14.6 Å². The molecule has 0 radical (unpaired) electrons. The molecule has 15 heteroatoms. The Hall–Kier alpha value is -2.65. The monoisotopic (exact) mass is 546 g/mol. The van der Waals surface area contributed by atoms with E-state index < -0.39 is 24.3 Å². The molecule has 0 bridgehead atoms. The van der Waals surface area contributed by atoms with Crippen molar-refractivity contribution in [3.05, 3.63) is 23.9 Å². The van der Waals surface area contributed by atoms with E-state index in [1.54, 1.807) is 13.3 Å². The van der Waals surface area contributed by atoms with E-state index in [0.29, 0.717) is 6.04 Å². The first-order chi connectivity index (χ1) is 17.2. The van der Waals surface area contributed by atoms with Gasteiger partial charge in [0, 0.05) is 37.5 Å². The van der Waals surface area contributed by atoms with Crippen molar-refractivity contribution in [1.29, 1.82) is 0 Å². The molecule has 2 saturated carbocycles. The number of halogens is 6. The van der Waals surface area contributed by atoms with Crippen molar-refractivity contribution in [2.24, 2.45) is 5.92 Å². The molecule has 3 fully saturated rings. The maximum absolute atomic E-state index is 10.6. The minimum Gasteiger partial charge on any atom is -0.481 e. The number of aliphatic carboxylic acids is 2. The van der Waals surface area contributed by atoms with Crippen molar-refractivity contribution < 1.29 is 60.4 Å². The highest BCUT2D eigenvalue weighted by molar-refractivity contribution is 5.73. The summed E-state index contributed by atoms with van der Waals surface area (Å²) in [5.41, 5.74) is 1.15. The van der Waals surface area contributed by atoms with Crippen LogP contribution < -0.4 is 4.74 Å². The molecule has 210 valence electrons. The van der Waals surface area contributed by atoms with Crippen LogP contribution in [0, 0.1) is 5.92 Å². The molecular formula is C22H28F6N2O7. The summed E-state index contributed by atoms with van der Waals surface area (Å²) in [7, 11) is 1.69. The summed E-state index contributed by atoms with van der Waals surface area (Å²) in [6.07, 6.45) is -2.93. The molecule has 3 aliphatic rings. The third kappa shape index (κ3) is 9.97. The number of rotatable bonds is 6. The summed E-state index contributed by atoms with van der Waals surface area (Å²) in [6.45, 7) is 3.55. The van der Waals surface area contributed by atoms with Gasteiger partial charge in [0.25, 0.3) is 0 Å². The number of ether oxygens (including phenoxy) is 3. The number of alkyl halides is 6. The lowest BCUT2D eigenvalue weighted by atomic mass is 10.1. The average molecular weight is 546 g/mol. The van der Waals surface area contributed by atoms with Crippen LogP contribution in [0.15, 0.2) is 18.3 Å². The maximum atomic E-state index is 10.6. The fourth-order valence-electron chi connectivity index (χ4n) is 3.86. The molecule has 0 amide bonds. The van der Waals surface area contributed by atoms with Crippen LogP contribution in [0.25, 0.3) is 0 Å². The van der Waals surface area contributed by atoms with Gasteiger partial charge >= 0.3 is 24.3 Å². The standard InChI is InChI=1S/C18H26N2O3.2C2HF3O2/c1-21-18-14(3-2-8-19-18)11-20-9-10-22-17-15(20)6-7-16(17)23-12-13-4-5-13;2*3-2(4,5)1(6)7/h2-3,8,13,15-17H,4-7,9-12H2,1H3;2*(H,6,7)/t15-,16+,17+;;/m0../s1. The minimum atomic E-state index is -5.08. The van der Waals surface area contributed by atoms with Crippen molar-refractivity contribution in [2.75, 3.05) is 26.9 Å². The first-order valence-corrected chi connectivity index (χ1v) is 11.3. The molecule has 2 heterocycles. The maximum Gasteiger partial charge on any atom is 0.490 e. The van der Waals surface area contributed by atoms with Crippen LogP contribution in [0.5, 0.6) is 5.88 Å². The predicted octanol–water partition coefficient (Wildman–Crippen LogP) is 3.52. The molecule has 4 rings (SSSR count). The van der Waals surface area contributed by atoms with Gasteiger partial charge in [0.05, 0.1) is 25.9 Å². The van der Waals surface area contributed by atoms with Gasteiger partial charge in [-0.3, -0.25) is 4.90 Å². The Balaban J connectivity index is 0.000000286. The quantitative estimate of drug-likeness (QED) is 0.517. The van der Waals surface area contributed by atoms with Crippen LogP contribution in [0.2, 0.25) is 0 Å². The second-order valence-electron chi connectivity index (χ2n) is 8.54. The van der Waals surface area contributed by atoms with E-state index in [9.17, 15) is 26.3 Å². The van der Waals surface area contributed by atoms with Crippen molar-refractivity contribution in [3.8, 4) is 5.88 Å². The molecule has 0 spiro atoms. The third-order valence-electron chi connectivity index (χ3n) is 5.80. The second kappa shape index (κ2) is 13.2. The highest BCUT2D eigenvalue weighted by Crippen LogP contribution is 2.36. The third-order valence-corrected chi connectivity index (χ3v) is 5.80. The van der Waals surface area contributed by atoms with Crippen molar-refractivity contribution in [2.45, 2.75) is 62.8 Å². The van der Waals surface area contributed by atoms with E-state index in [0.717, 1.165) is 56.5 Å². The minimum absolute atomic E-state index is 0.227. The summed E-state index contributed by atoms with van der Waals surface area (Å²) < 4.78 is 81.1. The summed E-state index contributed by atoms with van der Waals surface area (Å²) in [5.74, 6) is -3.97. The SMILES string of the molecule is COc1ncccc1CN1CCO[C@H]2[C@H](OCC3CC3)CC[C@@H]21.O=C(O)C(F)(F)F.O=C(O)C(F)(F)F. The number of aromatic nitrogens is 1. The molecule has 37 heavy (non-hydrogen) atoms. The van der Waals surface area contributed by atoms with Gasteiger partial charge in [-0.05, 0) is 37.7 Å². The molecule has 1 saturated heterocycles. The van der Waals surface area contributed by atoms with Gasteiger partial charge in [0.2, 0.25) is 5.88 Å². The number of morpholine rings is 1. The van der Waals surface area contributed by atoms with Crippen molar-refractivity contribution in [1.82, 2.24) is 9.88 Å². The second-order valence-corrected chi connectivity index (χ2v) is 8.54. The first-order valence-electron chi connectivity index (χ1n) is 11.3. The normalized spacial score (nSPS) is 23.6. The van der Waals surface area contributed by atoms with Gasteiger partial charge in [-0.1, -0.05) is 6.07 Å². The number of nitrogens with zero attached hydrogens (tertiary/aromatic N) is 2. The van der Waals surface area contributed by atoms with Crippen molar-refractivity contribution in [3.63, 3.8) is 0 Å². The number of methoxy groups -OCH3 is 1. The lowest BCUT2D eigenvalue weighted by molar-refractivity contribution is -0.193. The molecule has 2 N–H and O–H groups in total. The van der Waals surface area contributed by atoms with Gasteiger partial charge in [-0.2, -0.15) is 26.3 Å². The Kier molecular flexibility index (Phi) is 10.9. The largest absolute Gasteiger partial charge is 0.490 e. The van der Waals surface area contributed by atoms with Crippen LogP contribution in [0.3, 0.4) is 0 Å². The summed E-state index contributed by atoms with van der Waals surface area (Å²) in [4.78, 5) is 24.6. The van der Waals surface area contributed by atoms with Crippen LogP contribution in [0.1, 0.15) is 31.2 Å². The van der Waals surface area contributed by atoms with Crippen LogP contribution in [-0.2, 0) is 25.6 Å². The van der Waals surface area contributed by atoms with Gasteiger partial charge in [0.15, 0.2) is 0 Å². The molecule has 1 aliphatic heterocycles. The Labute approximate surface area is 208 Å². The molecule has 3 atom stereocenters. The van der Waals surface area contributed by atoms with E-state index in [1.807, 2.05) is 6.07 Å².